The number of carbonyl (C=O) groups excluding carboxylic acids is 1. The highest BCUT2D eigenvalue weighted by Gasteiger charge is 2.54. The van der Waals surface area contributed by atoms with Crippen LogP contribution in [-0.2, 0) is 6.18 Å². The predicted molar refractivity (Wildman–Crippen MR) is 88.0 cm³/mol. The van der Waals surface area contributed by atoms with Crippen molar-refractivity contribution in [2.75, 3.05) is 0 Å². The molecule has 1 aromatic carbocycles. The van der Waals surface area contributed by atoms with Gasteiger partial charge >= 0.3 is 6.18 Å². The molecule has 0 radical (unpaired) electrons. The highest BCUT2D eigenvalue weighted by atomic mass is 35.5. The summed E-state index contributed by atoms with van der Waals surface area (Å²) in [5, 5.41) is 0. The van der Waals surface area contributed by atoms with E-state index in [9.17, 15) is 18.0 Å². The Balaban J connectivity index is 1.38. The summed E-state index contributed by atoms with van der Waals surface area (Å²) in [5.41, 5.74) is 5.28. The summed E-state index contributed by atoms with van der Waals surface area (Å²) in [4.78, 5) is 12.2. The molecule has 4 aliphatic rings. The molecule has 4 aliphatic carbocycles. The Morgan fingerprint density at radius 2 is 1.68 bits per heavy atom. The molecular weight excluding hydrogens is 353 g/mol. The lowest BCUT2D eigenvalue weighted by atomic mass is 9.54. The summed E-state index contributed by atoms with van der Waals surface area (Å²) in [7, 11) is 0. The zero-order chi connectivity index (χ0) is 17.8. The van der Waals surface area contributed by atoms with Crippen molar-refractivity contribution in [1.29, 1.82) is 0 Å². The number of amides is 1. The number of carbonyl (C=O) groups is 1. The van der Waals surface area contributed by atoms with E-state index >= 15 is 0 Å². The van der Waals surface area contributed by atoms with Crippen molar-refractivity contribution in [2.45, 2.75) is 49.2 Å². The lowest BCUT2D eigenvalue weighted by Gasteiger charge is -2.57. The average Bonchev–Trinajstić information content (AvgIpc) is 2.51. The lowest BCUT2D eigenvalue weighted by Crippen LogP contribution is -2.62. The number of rotatable bonds is 3. The molecule has 0 spiro atoms. The molecule has 1 amide bonds. The van der Waals surface area contributed by atoms with E-state index in [2.05, 4.69) is 10.9 Å². The second kappa shape index (κ2) is 5.88. The molecule has 0 aliphatic heterocycles. The molecule has 0 aromatic heterocycles. The number of hydrazine groups is 1. The van der Waals surface area contributed by atoms with E-state index in [0.29, 0.717) is 17.8 Å². The zero-order valence-corrected chi connectivity index (χ0v) is 14.3. The van der Waals surface area contributed by atoms with Crippen LogP contribution in [0.25, 0.3) is 0 Å². The summed E-state index contributed by atoms with van der Waals surface area (Å²) in [6, 6.07) is 4.45. The van der Waals surface area contributed by atoms with Crippen LogP contribution in [0.2, 0.25) is 0 Å². The van der Waals surface area contributed by atoms with E-state index in [4.69, 9.17) is 11.6 Å². The van der Waals surface area contributed by atoms with E-state index in [0.717, 1.165) is 44.2 Å². The molecule has 4 saturated carbocycles. The number of alkyl halides is 4. The molecule has 4 fully saturated rings. The van der Waals surface area contributed by atoms with E-state index in [1.807, 2.05) is 0 Å². The van der Waals surface area contributed by atoms with E-state index in [1.165, 1.54) is 12.1 Å². The van der Waals surface area contributed by atoms with E-state index in [1.54, 1.807) is 0 Å². The average molecular weight is 373 g/mol. The predicted octanol–water partition coefficient (Wildman–Crippen LogP) is 4.13. The van der Waals surface area contributed by atoms with Crippen LogP contribution in [0, 0.1) is 17.8 Å². The van der Waals surface area contributed by atoms with Gasteiger partial charge in [-0.25, -0.2) is 5.43 Å². The van der Waals surface area contributed by atoms with Gasteiger partial charge in [0, 0.05) is 16.5 Å². The van der Waals surface area contributed by atoms with Gasteiger partial charge in [0.1, 0.15) is 0 Å². The number of halogens is 4. The van der Waals surface area contributed by atoms with Crippen molar-refractivity contribution in [3.05, 3.63) is 35.4 Å². The summed E-state index contributed by atoms with van der Waals surface area (Å²) in [6.07, 6.45) is 0.916. The Kier molecular flexibility index (Phi) is 4.03. The SMILES string of the molecule is O=C(NNC1C2CC3CC1CC(Cl)(C3)C2)c1ccc(C(F)(F)F)cc1. The maximum absolute atomic E-state index is 12.6. The largest absolute Gasteiger partial charge is 0.416 e. The Morgan fingerprint density at radius 3 is 2.20 bits per heavy atom. The minimum Gasteiger partial charge on any atom is -0.287 e. The summed E-state index contributed by atoms with van der Waals surface area (Å²) >= 11 is 6.70. The van der Waals surface area contributed by atoms with Crippen LogP contribution in [0.15, 0.2) is 24.3 Å². The van der Waals surface area contributed by atoms with Gasteiger partial charge in [-0.15, -0.1) is 11.6 Å². The fourth-order valence-electron chi connectivity index (χ4n) is 5.19. The molecule has 5 rings (SSSR count). The van der Waals surface area contributed by atoms with Crippen molar-refractivity contribution in [3.8, 4) is 0 Å². The van der Waals surface area contributed by atoms with Crippen LogP contribution < -0.4 is 10.9 Å². The molecule has 25 heavy (non-hydrogen) atoms. The first-order chi connectivity index (χ1) is 11.7. The van der Waals surface area contributed by atoms with Gasteiger partial charge in [0.15, 0.2) is 0 Å². The molecule has 4 bridgehead atoms. The summed E-state index contributed by atoms with van der Waals surface area (Å²) in [5.74, 6) is 1.19. The second-order valence-corrected chi connectivity index (χ2v) is 8.62. The number of nitrogens with one attached hydrogen (secondary N) is 2. The molecule has 2 N–H and O–H groups in total. The maximum atomic E-state index is 12.6. The zero-order valence-electron chi connectivity index (χ0n) is 13.6. The maximum Gasteiger partial charge on any atom is 0.416 e. The number of hydrogen-bond donors (Lipinski definition) is 2. The van der Waals surface area contributed by atoms with Gasteiger partial charge in [-0.3, -0.25) is 10.2 Å². The molecule has 2 unspecified atom stereocenters. The van der Waals surface area contributed by atoms with Gasteiger partial charge in [0.2, 0.25) is 0 Å². The van der Waals surface area contributed by atoms with Crippen LogP contribution in [0.4, 0.5) is 13.2 Å². The molecule has 0 saturated heterocycles. The normalized spacial score (nSPS) is 36.5. The van der Waals surface area contributed by atoms with Gasteiger partial charge in [0.25, 0.3) is 5.91 Å². The van der Waals surface area contributed by atoms with Crippen LogP contribution in [0.5, 0.6) is 0 Å². The standard InChI is InChI=1S/C18H20ClF3N2O/c19-17-7-10-5-12(8-17)15(13(6-10)9-17)23-24-16(25)11-1-3-14(4-2-11)18(20,21)22/h1-4,10,12-13,15,23H,5-9H2,(H,24,25). The van der Waals surface area contributed by atoms with Crippen molar-refractivity contribution >= 4 is 17.5 Å². The molecule has 3 nitrogen and oxygen atoms in total. The highest BCUT2D eigenvalue weighted by Crippen LogP contribution is 2.58. The van der Waals surface area contributed by atoms with Crippen LogP contribution in [0.1, 0.15) is 48.0 Å². The smallest absolute Gasteiger partial charge is 0.287 e. The molecule has 7 heteroatoms. The molecule has 2 atom stereocenters. The number of hydrogen-bond acceptors (Lipinski definition) is 2. The molecule has 0 heterocycles. The third kappa shape index (κ3) is 3.26. The fourth-order valence-corrected chi connectivity index (χ4v) is 5.81. The first-order valence-electron chi connectivity index (χ1n) is 8.66. The van der Waals surface area contributed by atoms with Crippen LogP contribution in [-0.4, -0.2) is 16.8 Å². The van der Waals surface area contributed by atoms with Crippen molar-refractivity contribution in [1.82, 2.24) is 10.9 Å². The van der Waals surface area contributed by atoms with E-state index in [-0.39, 0.29) is 16.5 Å². The topological polar surface area (TPSA) is 41.1 Å². The highest BCUT2D eigenvalue weighted by molar-refractivity contribution is 6.24. The Bertz CT molecular complexity index is 660. The lowest BCUT2D eigenvalue weighted by molar-refractivity contribution is -0.137. The summed E-state index contributed by atoms with van der Waals surface area (Å²) < 4.78 is 37.8. The second-order valence-electron chi connectivity index (χ2n) is 7.82. The Labute approximate surface area is 149 Å². The summed E-state index contributed by atoms with van der Waals surface area (Å²) in [6.45, 7) is 0. The first kappa shape index (κ1) is 17.2. The van der Waals surface area contributed by atoms with Gasteiger partial charge in [0.05, 0.1) is 5.56 Å². The van der Waals surface area contributed by atoms with Gasteiger partial charge in [-0.1, -0.05) is 0 Å². The Morgan fingerprint density at radius 1 is 1.08 bits per heavy atom. The molecule has 136 valence electrons. The Hall–Kier alpha value is -1.27. The van der Waals surface area contributed by atoms with Crippen LogP contribution >= 0.6 is 11.6 Å². The van der Waals surface area contributed by atoms with Gasteiger partial charge in [-0.2, -0.15) is 13.2 Å². The van der Waals surface area contributed by atoms with Gasteiger partial charge < -0.3 is 0 Å². The van der Waals surface area contributed by atoms with Crippen molar-refractivity contribution < 1.29 is 18.0 Å². The fraction of sp³-hybridized carbons (Fsp3) is 0.611. The van der Waals surface area contributed by atoms with Gasteiger partial charge in [-0.05, 0) is 74.1 Å². The van der Waals surface area contributed by atoms with Crippen molar-refractivity contribution in [2.24, 2.45) is 17.8 Å². The molecular formula is C18H20ClF3N2O. The third-order valence-corrected chi connectivity index (χ3v) is 6.49. The number of benzene rings is 1. The quantitative estimate of drug-likeness (QED) is 0.619. The minimum atomic E-state index is -4.40. The first-order valence-corrected chi connectivity index (χ1v) is 9.03. The third-order valence-electron chi connectivity index (χ3n) is 6.03. The monoisotopic (exact) mass is 372 g/mol. The van der Waals surface area contributed by atoms with E-state index < -0.39 is 17.6 Å². The minimum absolute atomic E-state index is 0.0634. The molecule has 1 aromatic rings. The van der Waals surface area contributed by atoms with Crippen LogP contribution in [0.3, 0.4) is 0 Å². The van der Waals surface area contributed by atoms with Crippen molar-refractivity contribution in [3.63, 3.8) is 0 Å².